The van der Waals surface area contributed by atoms with E-state index in [9.17, 15) is 4.79 Å². The van der Waals surface area contributed by atoms with Crippen molar-refractivity contribution in [3.05, 3.63) is 53.3 Å². The van der Waals surface area contributed by atoms with Crippen molar-refractivity contribution >= 4 is 11.6 Å². The van der Waals surface area contributed by atoms with Gasteiger partial charge in [-0.1, -0.05) is 6.07 Å². The van der Waals surface area contributed by atoms with Crippen LogP contribution in [0.5, 0.6) is 0 Å². The molecule has 0 bridgehead atoms. The second-order valence-corrected chi connectivity index (χ2v) is 4.18. The van der Waals surface area contributed by atoms with Crippen LogP contribution in [0.2, 0.25) is 0 Å². The van der Waals surface area contributed by atoms with Crippen LogP contribution < -0.4 is 10.6 Å². The first kappa shape index (κ1) is 12.2. The van der Waals surface area contributed by atoms with E-state index in [1.807, 2.05) is 43.6 Å². The minimum absolute atomic E-state index is 0.0697. The quantitative estimate of drug-likeness (QED) is 0.771. The lowest BCUT2D eigenvalue weighted by molar-refractivity contribution is 0.0963. The minimum Gasteiger partial charge on any atom is -0.381 e. The van der Waals surface area contributed by atoms with Gasteiger partial charge in [-0.15, -0.1) is 0 Å². The number of amides is 1. The van der Waals surface area contributed by atoms with E-state index >= 15 is 0 Å². The molecule has 0 spiro atoms. The third kappa shape index (κ3) is 2.71. The lowest BCUT2D eigenvalue weighted by Gasteiger charge is -2.10. The molecule has 0 unspecified atom stereocenters. The molecule has 2 rings (SSSR count). The van der Waals surface area contributed by atoms with Crippen molar-refractivity contribution in [1.29, 1.82) is 0 Å². The smallest absolute Gasteiger partial charge is 0.251 e. The van der Waals surface area contributed by atoms with Crippen molar-refractivity contribution in [3.63, 3.8) is 0 Å². The molecule has 4 nitrogen and oxygen atoms in total. The number of aryl methyl sites for hydroxylation is 1. The summed E-state index contributed by atoms with van der Waals surface area (Å²) in [5, 5.41) is 5.96. The van der Waals surface area contributed by atoms with Crippen LogP contribution in [-0.2, 0) is 6.54 Å². The zero-order valence-electron chi connectivity index (χ0n) is 10.6. The van der Waals surface area contributed by atoms with E-state index in [0.29, 0.717) is 5.56 Å². The van der Waals surface area contributed by atoms with Crippen LogP contribution in [0.3, 0.4) is 0 Å². The highest BCUT2D eigenvalue weighted by atomic mass is 16.1. The fourth-order valence-electron chi connectivity index (χ4n) is 1.76. The van der Waals surface area contributed by atoms with Crippen molar-refractivity contribution in [2.75, 3.05) is 12.4 Å². The summed E-state index contributed by atoms with van der Waals surface area (Å²) >= 11 is 0. The zero-order valence-corrected chi connectivity index (χ0v) is 10.6. The van der Waals surface area contributed by atoms with E-state index in [2.05, 4.69) is 15.6 Å². The SMILES string of the molecule is CNC(=O)c1ccc(C)c(NCc2cc[nH]c2)c1. The van der Waals surface area contributed by atoms with Crippen LogP contribution in [0.25, 0.3) is 0 Å². The summed E-state index contributed by atoms with van der Waals surface area (Å²) in [5.41, 5.74) is 3.95. The number of rotatable bonds is 4. The Bertz CT molecular complexity index is 532. The number of hydrogen-bond donors (Lipinski definition) is 3. The Morgan fingerprint density at radius 3 is 2.83 bits per heavy atom. The van der Waals surface area contributed by atoms with E-state index in [0.717, 1.165) is 17.8 Å². The van der Waals surface area contributed by atoms with Gasteiger partial charge in [0.25, 0.3) is 5.91 Å². The summed E-state index contributed by atoms with van der Waals surface area (Å²) in [5.74, 6) is -0.0697. The minimum atomic E-state index is -0.0697. The number of hydrogen-bond acceptors (Lipinski definition) is 2. The number of anilines is 1. The first-order valence-electron chi connectivity index (χ1n) is 5.89. The maximum absolute atomic E-state index is 11.6. The monoisotopic (exact) mass is 243 g/mol. The molecule has 0 aliphatic heterocycles. The molecular weight excluding hydrogens is 226 g/mol. The molecule has 4 heteroatoms. The molecule has 0 saturated heterocycles. The molecule has 18 heavy (non-hydrogen) atoms. The zero-order chi connectivity index (χ0) is 13.0. The molecule has 94 valence electrons. The highest BCUT2D eigenvalue weighted by Gasteiger charge is 2.06. The van der Waals surface area contributed by atoms with E-state index < -0.39 is 0 Å². The molecule has 0 saturated carbocycles. The highest BCUT2D eigenvalue weighted by molar-refractivity contribution is 5.95. The van der Waals surface area contributed by atoms with Gasteiger partial charge in [-0.3, -0.25) is 4.79 Å². The fourth-order valence-corrected chi connectivity index (χ4v) is 1.76. The van der Waals surface area contributed by atoms with Crippen molar-refractivity contribution in [1.82, 2.24) is 10.3 Å². The molecule has 2 aromatic rings. The lowest BCUT2D eigenvalue weighted by atomic mass is 10.1. The van der Waals surface area contributed by atoms with Gasteiger partial charge in [0.2, 0.25) is 0 Å². The Balaban J connectivity index is 2.13. The summed E-state index contributed by atoms with van der Waals surface area (Å²) in [7, 11) is 1.63. The van der Waals surface area contributed by atoms with Gasteiger partial charge in [-0.05, 0) is 36.2 Å². The average Bonchev–Trinajstić information content (AvgIpc) is 2.90. The second-order valence-electron chi connectivity index (χ2n) is 4.18. The van der Waals surface area contributed by atoms with Crippen LogP contribution in [-0.4, -0.2) is 17.9 Å². The van der Waals surface area contributed by atoms with Crippen LogP contribution in [0.15, 0.2) is 36.7 Å². The Morgan fingerprint density at radius 1 is 1.33 bits per heavy atom. The molecular formula is C14H17N3O. The largest absolute Gasteiger partial charge is 0.381 e. The normalized spacial score (nSPS) is 10.1. The molecule has 1 amide bonds. The number of benzene rings is 1. The van der Waals surface area contributed by atoms with E-state index in [1.165, 1.54) is 5.56 Å². The van der Waals surface area contributed by atoms with E-state index in [1.54, 1.807) is 7.05 Å². The molecule has 0 atom stereocenters. The van der Waals surface area contributed by atoms with Gasteiger partial charge in [0.05, 0.1) is 0 Å². The number of H-pyrrole nitrogens is 1. The summed E-state index contributed by atoms with van der Waals surface area (Å²) in [6.45, 7) is 2.76. The number of aromatic amines is 1. The van der Waals surface area contributed by atoms with Crippen LogP contribution in [0.1, 0.15) is 21.5 Å². The average molecular weight is 243 g/mol. The van der Waals surface area contributed by atoms with Gasteiger partial charge < -0.3 is 15.6 Å². The van der Waals surface area contributed by atoms with E-state index in [-0.39, 0.29) is 5.91 Å². The Hall–Kier alpha value is -2.23. The number of nitrogens with one attached hydrogen (secondary N) is 3. The third-order valence-electron chi connectivity index (χ3n) is 2.87. The number of carbonyl (C=O) groups is 1. The molecule has 0 radical (unpaired) electrons. The van der Waals surface area contributed by atoms with Gasteiger partial charge in [-0.25, -0.2) is 0 Å². The Labute approximate surface area is 106 Å². The molecule has 0 aliphatic carbocycles. The van der Waals surface area contributed by atoms with Crippen molar-refractivity contribution in [3.8, 4) is 0 Å². The molecule has 1 aromatic heterocycles. The number of aromatic nitrogens is 1. The van der Waals surface area contributed by atoms with Gasteiger partial charge in [-0.2, -0.15) is 0 Å². The topological polar surface area (TPSA) is 56.9 Å². The van der Waals surface area contributed by atoms with Crippen molar-refractivity contribution < 1.29 is 4.79 Å². The number of carbonyl (C=O) groups excluding carboxylic acids is 1. The summed E-state index contributed by atoms with van der Waals surface area (Å²) in [6.07, 6.45) is 3.84. The first-order valence-corrected chi connectivity index (χ1v) is 5.89. The maximum atomic E-state index is 11.6. The Morgan fingerprint density at radius 2 is 2.17 bits per heavy atom. The molecule has 0 aliphatic rings. The predicted molar refractivity (Wildman–Crippen MR) is 72.7 cm³/mol. The fraction of sp³-hybridized carbons (Fsp3) is 0.214. The van der Waals surface area contributed by atoms with Crippen LogP contribution in [0, 0.1) is 6.92 Å². The summed E-state index contributed by atoms with van der Waals surface area (Å²) < 4.78 is 0. The van der Waals surface area contributed by atoms with Crippen LogP contribution >= 0.6 is 0 Å². The van der Waals surface area contributed by atoms with Crippen LogP contribution in [0.4, 0.5) is 5.69 Å². The Kier molecular flexibility index (Phi) is 3.67. The lowest BCUT2D eigenvalue weighted by Crippen LogP contribution is -2.18. The van der Waals surface area contributed by atoms with Gasteiger partial charge in [0, 0.05) is 37.2 Å². The molecule has 1 aromatic carbocycles. The standard InChI is InChI=1S/C14H17N3O/c1-10-3-4-12(14(18)15-2)7-13(10)17-9-11-5-6-16-8-11/h3-8,16-17H,9H2,1-2H3,(H,15,18). The highest BCUT2D eigenvalue weighted by Crippen LogP contribution is 2.17. The van der Waals surface area contributed by atoms with Gasteiger partial charge in [0.15, 0.2) is 0 Å². The molecule has 3 N–H and O–H groups in total. The molecule has 1 heterocycles. The first-order chi connectivity index (χ1) is 8.70. The second kappa shape index (κ2) is 5.40. The van der Waals surface area contributed by atoms with Gasteiger partial charge in [0.1, 0.15) is 0 Å². The van der Waals surface area contributed by atoms with Crippen molar-refractivity contribution in [2.24, 2.45) is 0 Å². The van der Waals surface area contributed by atoms with E-state index in [4.69, 9.17) is 0 Å². The van der Waals surface area contributed by atoms with Crippen molar-refractivity contribution in [2.45, 2.75) is 13.5 Å². The molecule has 0 fully saturated rings. The third-order valence-corrected chi connectivity index (χ3v) is 2.87. The summed E-state index contributed by atoms with van der Waals surface area (Å²) in [4.78, 5) is 14.6. The predicted octanol–water partition coefficient (Wildman–Crippen LogP) is 2.29. The van der Waals surface area contributed by atoms with Gasteiger partial charge >= 0.3 is 0 Å². The maximum Gasteiger partial charge on any atom is 0.251 e. The summed E-state index contributed by atoms with van der Waals surface area (Å²) in [6, 6.07) is 7.67.